The van der Waals surface area contributed by atoms with Gasteiger partial charge in [0.2, 0.25) is 0 Å². The molecule has 1 fully saturated rings. The molecule has 2 aliphatic heterocycles. The third-order valence-electron chi connectivity index (χ3n) is 3.36. The summed E-state index contributed by atoms with van der Waals surface area (Å²) in [6.07, 6.45) is 2.19. The Kier molecular flexibility index (Phi) is 3.46. The molecular formula is C14H18N2OS. The molecule has 0 radical (unpaired) electrons. The largest absolute Gasteiger partial charge is 0.493 e. The molecule has 1 aromatic rings. The monoisotopic (exact) mass is 262 g/mol. The van der Waals surface area contributed by atoms with Crippen LogP contribution in [0.2, 0.25) is 0 Å². The van der Waals surface area contributed by atoms with Crippen molar-refractivity contribution < 1.29 is 4.74 Å². The van der Waals surface area contributed by atoms with E-state index in [2.05, 4.69) is 24.4 Å². The quantitative estimate of drug-likeness (QED) is 0.844. The molecule has 2 heterocycles. The molecule has 0 aliphatic carbocycles. The lowest BCUT2D eigenvalue weighted by Gasteiger charge is -2.26. The number of amidine groups is 1. The minimum atomic E-state index is 0.246. The highest BCUT2D eigenvalue weighted by molar-refractivity contribution is 8.13. The van der Waals surface area contributed by atoms with E-state index >= 15 is 0 Å². The molecular weight excluding hydrogens is 244 g/mol. The molecule has 0 saturated carbocycles. The van der Waals surface area contributed by atoms with Crippen LogP contribution in [0, 0.1) is 0 Å². The molecule has 4 heteroatoms. The second-order valence-electron chi connectivity index (χ2n) is 4.81. The van der Waals surface area contributed by atoms with Crippen LogP contribution in [-0.2, 0) is 0 Å². The molecule has 3 rings (SSSR count). The summed E-state index contributed by atoms with van der Waals surface area (Å²) in [5.74, 6) is 2.16. The zero-order valence-corrected chi connectivity index (χ0v) is 11.4. The summed E-state index contributed by atoms with van der Waals surface area (Å²) >= 11 is 1.83. The van der Waals surface area contributed by atoms with Crippen molar-refractivity contribution in [3.8, 4) is 5.75 Å². The van der Waals surface area contributed by atoms with E-state index in [-0.39, 0.29) is 6.04 Å². The van der Waals surface area contributed by atoms with Gasteiger partial charge in [-0.05, 0) is 19.4 Å². The van der Waals surface area contributed by atoms with E-state index in [9.17, 15) is 0 Å². The molecule has 0 bridgehead atoms. The zero-order chi connectivity index (χ0) is 12.4. The predicted molar refractivity (Wildman–Crippen MR) is 76.4 cm³/mol. The van der Waals surface area contributed by atoms with Crippen molar-refractivity contribution >= 4 is 16.9 Å². The number of hydrogen-bond donors (Lipinski definition) is 1. The number of hydrogen-bond acceptors (Lipinski definition) is 3. The van der Waals surface area contributed by atoms with Crippen LogP contribution in [0.15, 0.2) is 29.3 Å². The van der Waals surface area contributed by atoms with Crippen LogP contribution in [-0.4, -0.2) is 23.6 Å². The van der Waals surface area contributed by atoms with E-state index < -0.39 is 0 Å². The normalized spacial score (nSPS) is 29.3. The molecule has 2 aliphatic rings. The van der Waals surface area contributed by atoms with Gasteiger partial charge < -0.3 is 10.1 Å². The number of nitrogens with one attached hydrogen (secondary N) is 1. The van der Waals surface area contributed by atoms with Crippen LogP contribution in [0.3, 0.4) is 0 Å². The molecule has 1 N–H and O–H groups in total. The fourth-order valence-electron chi connectivity index (χ4n) is 2.33. The summed E-state index contributed by atoms with van der Waals surface area (Å²) in [5.41, 5.74) is 1.22. The maximum Gasteiger partial charge on any atom is 0.157 e. The number of rotatable bonds is 1. The van der Waals surface area contributed by atoms with Gasteiger partial charge >= 0.3 is 0 Å². The number of para-hydroxylation sites is 1. The van der Waals surface area contributed by atoms with E-state index in [1.807, 2.05) is 23.9 Å². The third-order valence-corrected chi connectivity index (χ3v) is 4.30. The van der Waals surface area contributed by atoms with Crippen molar-refractivity contribution in [2.45, 2.75) is 31.8 Å². The average Bonchev–Trinajstić information content (AvgIpc) is 2.39. The van der Waals surface area contributed by atoms with Gasteiger partial charge in [0.05, 0.1) is 12.6 Å². The average molecular weight is 262 g/mol. The first kappa shape index (κ1) is 11.9. The van der Waals surface area contributed by atoms with E-state index in [0.29, 0.717) is 6.04 Å². The summed E-state index contributed by atoms with van der Waals surface area (Å²) in [7, 11) is 0. The van der Waals surface area contributed by atoms with Crippen LogP contribution in [0.5, 0.6) is 5.75 Å². The maximum atomic E-state index is 5.67. The number of thioether (sulfide) groups is 1. The Balaban J connectivity index is 1.83. The van der Waals surface area contributed by atoms with E-state index in [1.165, 1.54) is 12.0 Å². The van der Waals surface area contributed by atoms with Crippen LogP contribution < -0.4 is 10.1 Å². The Morgan fingerprint density at radius 3 is 3.11 bits per heavy atom. The fourth-order valence-corrected chi connectivity index (χ4v) is 3.48. The summed E-state index contributed by atoms with van der Waals surface area (Å²) in [4.78, 5) is 4.88. The van der Waals surface area contributed by atoms with Crippen LogP contribution in [0.25, 0.3) is 0 Å². The second-order valence-corrected chi connectivity index (χ2v) is 5.89. The molecule has 0 amide bonds. The Morgan fingerprint density at radius 1 is 1.33 bits per heavy atom. The van der Waals surface area contributed by atoms with E-state index in [4.69, 9.17) is 9.73 Å². The highest BCUT2D eigenvalue weighted by Gasteiger charge is 2.22. The molecule has 2 unspecified atom stereocenters. The summed E-state index contributed by atoms with van der Waals surface area (Å²) in [5, 5.41) is 4.56. The predicted octanol–water partition coefficient (Wildman–Crippen LogP) is 2.98. The molecule has 1 saturated heterocycles. The Labute approximate surface area is 112 Å². The number of fused-ring (bicyclic) bond motifs is 1. The minimum absolute atomic E-state index is 0.246. The lowest BCUT2D eigenvalue weighted by molar-refractivity contribution is 0.269. The van der Waals surface area contributed by atoms with Crippen molar-refractivity contribution in [3.05, 3.63) is 29.8 Å². The third kappa shape index (κ3) is 2.48. The summed E-state index contributed by atoms with van der Waals surface area (Å²) in [6.45, 7) is 2.98. The second kappa shape index (κ2) is 5.22. The molecule has 96 valence electrons. The molecule has 1 aromatic carbocycles. The smallest absolute Gasteiger partial charge is 0.157 e. The zero-order valence-electron chi connectivity index (χ0n) is 10.6. The highest BCUT2D eigenvalue weighted by Crippen LogP contribution is 2.35. The number of nitrogens with zero attached hydrogens (tertiary/aromatic N) is 1. The molecule has 3 nitrogen and oxygen atoms in total. The maximum absolute atomic E-state index is 5.67. The van der Waals surface area contributed by atoms with E-state index in [1.54, 1.807) is 0 Å². The SMILES string of the molecule is CC1CCSC(=NC2CCOc3ccccc32)N1. The minimum Gasteiger partial charge on any atom is -0.493 e. The van der Waals surface area contributed by atoms with Crippen LogP contribution >= 0.6 is 11.8 Å². The first-order valence-electron chi connectivity index (χ1n) is 6.52. The van der Waals surface area contributed by atoms with Crippen molar-refractivity contribution in [3.63, 3.8) is 0 Å². The van der Waals surface area contributed by atoms with Gasteiger partial charge in [-0.2, -0.15) is 0 Å². The molecule has 0 spiro atoms. The highest BCUT2D eigenvalue weighted by atomic mass is 32.2. The van der Waals surface area contributed by atoms with Gasteiger partial charge in [-0.3, -0.25) is 4.99 Å². The standard InChI is InChI=1S/C14H18N2OS/c1-10-7-9-18-14(15-10)16-12-6-8-17-13-5-3-2-4-11(12)13/h2-5,10,12H,6-9H2,1H3,(H,15,16). The topological polar surface area (TPSA) is 33.6 Å². The Bertz CT molecular complexity index is 461. The summed E-state index contributed by atoms with van der Waals surface area (Å²) in [6, 6.07) is 9.02. The fraction of sp³-hybridized carbons (Fsp3) is 0.500. The van der Waals surface area contributed by atoms with Crippen LogP contribution in [0.4, 0.5) is 0 Å². The lowest BCUT2D eigenvalue weighted by atomic mass is 10.0. The first-order chi connectivity index (χ1) is 8.83. The Hall–Kier alpha value is -1.16. The Morgan fingerprint density at radius 2 is 2.22 bits per heavy atom. The number of benzene rings is 1. The van der Waals surface area contributed by atoms with Crippen molar-refractivity contribution in [2.24, 2.45) is 4.99 Å². The summed E-state index contributed by atoms with van der Waals surface area (Å²) < 4.78 is 5.67. The first-order valence-corrected chi connectivity index (χ1v) is 7.50. The van der Waals surface area contributed by atoms with Crippen molar-refractivity contribution in [1.82, 2.24) is 5.32 Å². The van der Waals surface area contributed by atoms with Gasteiger partial charge in [-0.15, -0.1) is 0 Å². The van der Waals surface area contributed by atoms with E-state index in [0.717, 1.165) is 29.7 Å². The van der Waals surface area contributed by atoms with Crippen LogP contribution in [0.1, 0.15) is 31.4 Å². The molecule has 0 aromatic heterocycles. The van der Waals surface area contributed by atoms with Crippen molar-refractivity contribution in [1.29, 1.82) is 0 Å². The number of ether oxygens (including phenoxy) is 1. The lowest BCUT2D eigenvalue weighted by Crippen LogP contribution is -2.36. The van der Waals surface area contributed by atoms with Gasteiger partial charge in [0.15, 0.2) is 5.17 Å². The van der Waals surface area contributed by atoms with Gasteiger partial charge in [0.25, 0.3) is 0 Å². The van der Waals surface area contributed by atoms with Gasteiger partial charge in [-0.25, -0.2) is 0 Å². The van der Waals surface area contributed by atoms with Gasteiger partial charge in [0, 0.05) is 23.8 Å². The van der Waals surface area contributed by atoms with Gasteiger partial charge in [0.1, 0.15) is 5.75 Å². The van der Waals surface area contributed by atoms with Crippen molar-refractivity contribution in [2.75, 3.05) is 12.4 Å². The molecule has 18 heavy (non-hydrogen) atoms. The number of aliphatic imine (C=N–C) groups is 1. The molecule has 2 atom stereocenters. The van der Waals surface area contributed by atoms with Gasteiger partial charge in [-0.1, -0.05) is 30.0 Å².